The third-order valence-electron chi connectivity index (χ3n) is 1.42. The van der Waals surface area contributed by atoms with E-state index >= 15 is 0 Å². The number of amides is 1. The number of pyridine rings is 1. The molecule has 0 saturated heterocycles. The summed E-state index contributed by atoms with van der Waals surface area (Å²) in [6.45, 7) is 1.71. The summed E-state index contributed by atoms with van der Waals surface area (Å²) in [5.41, 5.74) is 3.37. The topological polar surface area (TPSA) is 74.6 Å². The molecule has 1 rings (SSSR count). The minimum absolute atomic E-state index is 0. The number of hydrogen-bond donors (Lipinski definition) is 2. The van der Waals surface area contributed by atoms with E-state index in [2.05, 4.69) is 10.1 Å². The van der Waals surface area contributed by atoms with Crippen LogP contribution in [0.3, 0.4) is 0 Å². The van der Waals surface area contributed by atoms with E-state index in [0.29, 0.717) is 5.71 Å². The van der Waals surface area contributed by atoms with Gasteiger partial charge in [0.2, 0.25) is 0 Å². The van der Waals surface area contributed by atoms with E-state index in [1.54, 1.807) is 31.5 Å². The number of aromatic nitrogens is 1. The highest BCUT2D eigenvalue weighted by molar-refractivity contribution is 5.98. The van der Waals surface area contributed by atoms with Gasteiger partial charge >= 0.3 is 6.09 Å². The summed E-state index contributed by atoms with van der Waals surface area (Å²) in [4.78, 5) is 13.9. The van der Waals surface area contributed by atoms with Crippen LogP contribution in [-0.4, -0.2) is 21.9 Å². The molecule has 0 unspecified atom stereocenters. The Morgan fingerprint density at radius 3 is 2.57 bits per heavy atom. The summed E-state index contributed by atoms with van der Waals surface area (Å²) in [6.07, 6.45) is 2.07. The van der Waals surface area contributed by atoms with Crippen LogP contribution in [0.5, 0.6) is 0 Å². The summed E-state index contributed by atoms with van der Waals surface area (Å²) >= 11 is 0. The van der Waals surface area contributed by atoms with Gasteiger partial charge in [-0.2, -0.15) is 5.10 Å². The van der Waals surface area contributed by atoms with Crippen molar-refractivity contribution in [1.29, 1.82) is 0 Å². The standard InChI is InChI=1S/C8H9N3O2.ClH/c1-6(10-11-8(12)13)7-2-4-9-5-3-7;/h2-5,11H,1H3,(H,12,13);1H. The lowest BCUT2D eigenvalue weighted by atomic mass is 10.2. The molecule has 5 nitrogen and oxygen atoms in total. The molecule has 0 atom stereocenters. The Morgan fingerprint density at radius 1 is 1.50 bits per heavy atom. The fraction of sp³-hybridized carbons (Fsp3) is 0.125. The summed E-state index contributed by atoms with van der Waals surface area (Å²) in [7, 11) is 0. The van der Waals surface area contributed by atoms with Gasteiger partial charge < -0.3 is 5.11 Å². The molecule has 1 aromatic heterocycles. The van der Waals surface area contributed by atoms with Crippen molar-refractivity contribution in [3.63, 3.8) is 0 Å². The van der Waals surface area contributed by atoms with Crippen molar-refractivity contribution in [2.45, 2.75) is 6.92 Å². The fourth-order valence-electron chi connectivity index (χ4n) is 0.789. The maximum absolute atomic E-state index is 10.1. The van der Waals surface area contributed by atoms with Crippen molar-refractivity contribution < 1.29 is 9.90 Å². The van der Waals surface area contributed by atoms with Gasteiger partial charge in [0.15, 0.2) is 0 Å². The first kappa shape index (κ1) is 12.4. The van der Waals surface area contributed by atoms with E-state index in [1.807, 2.05) is 5.43 Å². The van der Waals surface area contributed by atoms with Crippen LogP contribution in [0, 0.1) is 0 Å². The normalized spacial score (nSPS) is 10.2. The number of nitrogens with one attached hydrogen (secondary N) is 1. The second-order valence-corrected chi connectivity index (χ2v) is 2.35. The van der Waals surface area contributed by atoms with Crippen LogP contribution in [0.4, 0.5) is 4.79 Å². The second kappa shape index (κ2) is 5.93. The van der Waals surface area contributed by atoms with Gasteiger partial charge in [-0.3, -0.25) is 4.98 Å². The molecule has 6 heteroatoms. The smallest absolute Gasteiger partial charge is 0.425 e. The predicted octanol–water partition coefficient (Wildman–Crippen LogP) is 1.50. The van der Waals surface area contributed by atoms with Gasteiger partial charge in [0.25, 0.3) is 0 Å². The van der Waals surface area contributed by atoms with Gasteiger partial charge in [-0.1, -0.05) is 0 Å². The van der Waals surface area contributed by atoms with Crippen molar-refractivity contribution in [2.24, 2.45) is 5.10 Å². The average Bonchev–Trinajstić information content (AvgIpc) is 2.15. The minimum atomic E-state index is -1.17. The van der Waals surface area contributed by atoms with Gasteiger partial charge in [0.1, 0.15) is 0 Å². The number of rotatable bonds is 2. The number of halogens is 1. The van der Waals surface area contributed by atoms with Crippen LogP contribution < -0.4 is 5.43 Å². The van der Waals surface area contributed by atoms with E-state index in [9.17, 15) is 4.79 Å². The first-order valence-corrected chi connectivity index (χ1v) is 3.64. The molecule has 0 saturated carbocycles. The highest BCUT2D eigenvalue weighted by Crippen LogP contribution is 1.97. The largest absolute Gasteiger partial charge is 0.464 e. The summed E-state index contributed by atoms with van der Waals surface area (Å²) in [6, 6.07) is 3.50. The van der Waals surface area contributed by atoms with E-state index in [-0.39, 0.29) is 12.4 Å². The lowest BCUT2D eigenvalue weighted by Gasteiger charge is -1.98. The molecule has 2 N–H and O–H groups in total. The van der Waals surface area contributed by atoms with Crippen molar-refractivity contribution in [1.82, 2.24) is 10.4 Å². The van der Waals surface area contributed by atoms with Crippen molar-refractivity contribution in [3.8, 4) is 0 Å². The molecule has 0 spiro atoms. The molecule has 76 valence electrons. The molecule has 0 aromatic carbocycles. The first-order valence-electron chi connectivity index (χ1n) is 3.64. The first-order chi connectivity index (χ1) is 6.20. The lowest BCUT2D eigenvalue weighted by molar-refractivity contribution is 0.195. The monoisotopic (exact) mass is 215 g/mol. The lowest BCUT2D eigenvalue weighted by Crippen LogP contribution is -2.16. The molecule has 14 heavy (non-hydrogen) atoms. The third-order valence-corrected chi connectivity index (χ3v) is 1.42. The molecule has 1 aromatic rings. The summed E-state index contributed by atoms with van der Waals surface area (Å²) in [5, 5.41) is 11.9. The number of hydrogen-bond acceptors (Lipinski definition) is 3. The maximum atomic E-state index is 10.1. The Bertz CT molecular complexity index is 327. The molecular weight excluding hydrogens is 206 g/mol. The van der Waals surface area contributed by atoms with Crippen LogP contribution in [0.25, 0.3) is 0 Å². The zero-order chi connectivity index (χ0) is 9.68. The molecule has 1 amide bonds. The van der Waals surface area contributed by atoms with Crippen LogP contribution >= 0.6 is 12.4 Å². The Kier molecular flexibility index (Phi) is 5.24. The average molecular weight is 216 g/mol. The van der Waals surface area contributed by atoms with Crippen LogP contribution in [0.2, 0.25) is 0 Å². The molecule has 0 radical (unpaired) electrons. The SMILES string of the molecule is CC(=NNC(=O)O)c1ccncc1.Cl. The quantitative estimate of drug-likeness (QED) is 0.580. The number of nitrogens with zero attached hydrogens (tertiary/aromatic N) is 2. The molecule has 0 aliphatic carbocycles. The van der Waals surface area contributed by atoms with Crippen molar-refractivity contribution in [2.75, 3.05) is 0 Å². The van der Waals surface area contributed by atoms with Crippen molar-refractivity contribution >= 4 is 24.2 Å². The Balaban J connectivity index is 0.00000169. The van der Waals surface area contributed by atoms with Crippen LogP contribution in [0.15, 0.2) is 29.6 Å². The van der Waals surface area contributed by atoms with E-state index in [1.165, 1.54) is 0 Å². The summed E-state index contributed by atoms with van der Waals surface area (Å²) in [5.74, 6) is 0. The fourth-order valence-corrected chi connectivity index (χ4v) is 0.789. The minimum Gasteiger partial charge on any atom is -0.464 e. The van der Waals surface area contributed by atoms with Gasteiger partial charge in [-0.05, 0) is 19.1 Å². The van der Waals surface area contributed by atoms with Gasteiger partial charge in [0.05, 0.1) is 5.71 Å². The third kappa shape index (κ3) is 3.86. The number of carbonyl (C=O) groups is 1. The van der Waals surface area contributed by atoms with Gasteiger partial charge in [-0.15, -0.1) is 12.4 Å². The second-order valence-electron chi connectivity index (χ2n) is 2.35. The van der Waals surface area contributed by atoms with Crippen molar-refractivity contribution in [3.05, 3.63) is 30.1 Å². The summed E-state index contributed by atoms with van der Waals surface area (Å²) < 4.78 is 0. The molecule has 0 aliphatic heterocycles. The van der Waals surface area contributed by atoms with Gasteiger partial charge in [-0.25, -0.2) is 10.2 Å². The zero-order valence-electron chi connectivity index (χ0n) is 7.47. The molecule has 0 aliphatic rings. The molecule has 0 bridgehead atoms. The van der Waals surface area contributed by atoms with Crippen LogP contribution in [0.1, 0.15) is 12.5 Å². The maximum Gasteiger partial charge on any atom is 0.425 e. The van der Waals surface area contributed by atoms with Crippen LogP contribution in [-0.2, 0) is 0 Å². The highest BCUT2D eigenvalue weighted by atomic mass is 35.5. The molecular formula is C8H10ClN3O2. The zero-order valence-corrected chi connectivity index (χ0v) is 8.28. The molecule has 1 heterocycles. The van der Waals surface area contributed by atoms with E-state index < -0.39 is 6.09 Å². The van der Waals surface area contributed by atoms with E-state index in [0.717, 1.165) is 5.56 Å². The predicted molar refractivity (Wildman–Crippen MR) is 54.9 cm³/mol. The Labute approximate surface area is 87.3 Å². The van der Waals surface area contributed by atoms with E-state index in [4.69, 9.17) is 5.11 Å². The molecule has 0 fully saturated rings. The van der Waals surface area contributed by atoms with Gasteiger partial charge in [0, 0.05) is 18.0 Å². The Morgan fingerprint density at radius 2 is 2.07 bits per heavy atom. The highest BCUT2D eigenvalue weighted by Gasteiger charge is 1.96. The Hall–Kier alpha value is -1.62. The number of carboxylic acid groups (broad SMARTS) is 1. The number of hydrazone groups is 1.